The number of carbonyl (C=O) groups is 2. The van der Waals surface area contributed by atoms with Crippen LogP contribution in [-0.2, 0) is 4.79 Å². The molecule has 0 spiro atoms. The van der Waals surface area contributed by atoms with Crippen molar-refractivity contribution >= 4 is 17.5 Å². The van der Waals surface area contributed by atoms with Gasteiger partial charge in [-0.05, 0) is 48.9 Å². The Balaban J connectivity index is 2.10. The van der Waals surface area contributed by atoms with Gasteiger partial charge in [0, 0.05) is 5.69 Å². The third-order valence-electron chi connectivity index (χ3n) is 3.38. The van der Waals surface area contributed by atoms with Gasteiger partial charge in [-0.3, -0.25) is 9.59 Å². The van der Waals surface area contributed by atoms with E-state index in [0.29, 0.717) is 5.56 Å². The molecule has 2 rings (SSSR count). The number of carbonyl (C=O) groups excluding carboxylic acids is 2. The van der Waals surface area contributed by atoms with Crippen molar-refractivity contribution < 1.29 is 18.4 Å². The third-order valence-corrected chi connectivity index (χ3v) is 3.38. The van der Waals surface area contributed by atoms with E-state index in [1.165, 1.54) is 24.3 Å². The van der Waals surface area contributed by atoms with Crippen molar-refractivity contribution in [2.24, 2.45) is 0 Å². The highest BCUT2D eigenvalue weighted by Crippen LogP contribution is 2.17. The molecule has 124 valence electrons. The van der Waals surface area contributed by atoms with E-state index >= 15 is 0 Å². The second-order valence-corrected chi connectivity index (χ2v) is 5.13. The van der Waals surface area contributed by atoms with Crippen LogP contribution >= 0.6 is 0 Å². The lowest BCUT2D eigenvalue weighted by Gasteiger charge is -2.15. The predicted molar refractivity (Wildman–Crippen MR) is 87.5 cm³/mol. The van der Waals surface area contributed by atoms with Crippen LogP contribution in [0.15, 0.2) is 55.1 Å². The molecule has 0 saturated heterocycles. The van der Waals surface area contributed by atoms with Crippen molar-refractivity contribution in [2.45, 2.75) is 13.0 Å². The summed E-state index contributed by atoms with van der Waals surface area (Å²) in [7, 11) is 0. The van der Waals surface area contributed by atoms with Crippen LogP contribution in [0.25, 0.3) is 0 Å². The lowest BCUT2D eigenvalue weighted by molar-refractivity contribution is -0.111. The normalized spacial score (nSPS) is 11.5. The standard InChI is InChI=1S/C18H16F2N2O2/c1-3-17(23)22-14-8-9-15(16(20)10-14)18(24)21-11(2)12-4-6-13(19)7-5-12/h3-11H,1H2,2H3,(H,21,24)(H,22,23)/t11-/m0/s1. The highest BCUT2D eigenvalue weighted by Gasteiger charge is 2.16. The second-order valence-electron chi connectivity index (χ2n) is 5.13. The van der Waals surface area contributed by atoms with Crippen LogP contribution in [0.4, 0.5) is 14.5 Å². The molecule has 0 radical (unpaired) electrons. The van der Waals surface area contributed by atoms with Crippen LogP contribution in [0.3, 0.4) is 0 Å². The molecule has 2 amide bonds. The number of benzene rings is 2. The minimum Gasteiger partial charge on any atom is -0.345 e. The number of halogens is 2. The van der Waals surface area contributed by atoms with Crippen LogP contribution in [0.1, 0.15) is 28.9 Å². The van der Waals surface area contributed by atoms with Crippen molar-refractivity contribution in [3.63, 3.8) is 0 Å². The van der Waals surface area contributed by atoms with Gasteiger partial charge in [0.15, 0.2) is 0 Å². The molecule has 0 aliphatic rings. The van der Waals surface area contributed by atoms with Gasteiger partial charge in [0.05, 0.1) is 11.6 Å². The number of rotatable bonds is 5. The predicted octanol–water partition coefficient (Wildman–Crippen LogP) is 3.58. The molecule has 2 aromatic carbocycles. The number of anilines is 1. The molecule has 1 atom stereocenters. The fourth-order valence-electron chi connectivity index (χ4n) is 2.08. The Morgan fingerprint density at radius 1 is 1.12 bits per heavy atom. The van der Waals surface area contributed by atoms with Gasteiger partial charge in [0.25, 0.3) is 5.91 Å². The maximum atomic E-state index is 14.1. The molecule has 2 N–H and O–H groups in total. The molecule has 2 aromatic rings. The fraction of sp³-hybridized carbons (Fsp3) is 0.111. The second kappa shape index (κ2) is 7.50. The SMILES string of the molecule is C=CC(=O)Nc1ccc(C(=O)N[C@@H](C)c2ccc(F)cc2)c(F)c1. The zero-order chi connectivity index (χ0) is 17.7. The maximum absolute atomic E-state index is 14.1. The highest BCUT2D eigenvalue weighted by molar-refractivity contribution is 6.00. The molecule has 0 aliphatic heterocycles. The van der Waals surface area contributed by atoms with Crippen molar-refractivity contribution in [3.8, 4) is 0 Å². The van der Waals surface area contributed by atoms with E-state index in [2.05, 4.69) is 17.2 Å². The van der Waals surface area contributed by atoms with Gasteiger partial charge >= 0.3 is 0 Å². The Morgan fingerprint density at radius 2 is 1.79 bits per heavy atom. The third kappa shape index (κ3) is 4.25. The fourth-order valence-corrected chi connectivity index (χ4v) is 2.08. The monoisotopic (exact) mass is 330 g/mol. The Labute approximate surface area is 138 Å². The lowest BCUT2D eigenvalue weighted by atomic mass is 10.1. The van der Waals surface area contributed by atoms with Gasteiger partial charge in [0.1, 0.15) is 11.6 Å². The first-order valence-corrected chi connectivity index (χ1v) is 7.20. The van der Waals surface area contributed by atoms with E-state index in [-0.39, 0.29) is 17.1 Å². The summed E-state index contributed by atoms with van der Waals surface area (Å²) in [6, 6.07) is 9.00. The Hall–Kier alpha value is -3.02. The summed E-state index contributed by atoms with van der Waals surface area (Å²) in [5, 5.41) is 5.05. The molecular weight excluding hydrogens is 314 g/mol. The molecule has 0 heterocycles. The molecule has 0 saturated carbocycles. The number of hydrogen-bond donors (Lipinski definition) is 2. The van der Waals surface area contributed by atoms with Gasteiger partial charge in [-0.25, -0.2) is 8.78 Å². The van der Waals surface area contributed by atoms with Gasteiger partial charge < -0.3 is 10.6 Å². The molecule has 0 unspecified atom stereocenters. The van der Waals surface area contributed by atoms with Crippen molar-refractivity contribution in [1.82, 2.24) is 5.32 Å². The molecule has 0 aliphatic carbocycles. The van der Waals surface area contributed by atoms with Crippen LogP contribution in [0.5, 0.6) is 0 Å². The van der Waals surface area contributed by atoms with Crippen LogP contribution < -0.4 is 10.6 Å². The molecular formula is C18H16F2N2O2. The summed E-state index contributed by atoms with van der Waals surface area (Å²) in [4.78, 5) is 23.4. The number of hydrogen-bond acceptors (Lipinski definition) is 2. The van der Waals surface area contributed by atoms with E-state index < -0.39 is 23.7 Å². The summed E-state index contributed by atoms with van der Waals surface area (Å²) < 4.78 is 27.0. The largest absolute Gasteiger partial charge is 0.345 e. The van der Waals surface area contributed by atoms with Gasteiger partial charge in [-0.2, -0.15) is 0 Å². The smallest absolute Gasteiger partial charge is 0.254 e. The van der Waals surface area contributed by atoms with E-state index in [1.54, 1.807) is 19.1 Å². The van der Waals surface area contributed by atoms with Crippen LogP contribution in [0.2, 0.25) is 0 Å². The van der Waals surface area contributed by atoms with Crippen molar-refractivity contribution in [3.05, 3.63) is 77.9 Å². The average Bonchev–Trinajstić information content (AvgIpc) is 2.55. The van der Waals surface area contributed by atoms with Gasteiger partial charge in [-0.15, -0.1) is 0 Å². The zero-order valence-electron chi connectivity index (χ0n) is 13.0. The molecule has 24 heavy (non-hydrogen) atoms. The number of amides is 2. The lowest BCUT2D eigenvalue weighted by Crippen LogP contribution is -2.27. The van der Waals surface area contributed by atoms with Crippen LogP contribution in [0, 0.1) is 11.6 Å². The quantitative estimate of drug-likeness (QED) is 0.823. The Kier molecular flexibility index (Phi) is 5.42. The number of nitrogens with one attached hydrogen (secondary N) is 2. The Bertz CT molecular complexity index is 773. The average molecular weight is 330 g/mol. The summed E-state index contributed by atoms with van der Waals surface area (Å²) >= 11 is 0. The van der Waals surface area contributed by atoms with E-state index in [4.69, 9.17) is 0 Å². The molecule has 4 nitrogen and oxygen atoms in total. The highest BCUT2D eigenvalue weighted by atomic mass is 19.1. The molecule has 0 bridgehead atoms. The summed E-state index contributed by atoms with van der Waals surface area (Å²) in [6.07, 6.45) is 1.06. The minimum absolute atomic E-state index is 0.152. The van der Waals surface area contributed by atoms with Crippen LogP contribution in [-0.4, -0.2) is 11.8 Å². The van der Waals surface area contributed by atoms with E-state index in [9.17, 15) is 18.4 Å². The van der Waals surface area contributed by atoms with E-state index in [1.807, 2.05) is 0 Å². The summed E-state index contributed by atoms with van der Waals surface area (Å²) in [5.74, 6) is -2.22. The first-order chi connectivity index (χ1) is 11.4. The van der Waals surface area contributed by atoms with Gasteiger partial charge in [-0.1, -0.05) is 18.7 Å². The van der Waals surface area contributed by atoms with Crippen molar-refractivity contribution in [1.29, 1.82) is 0 Å². The zero-order valence-corrected chi connectivity index (χ0v) is 13.0. The minimum atomic E-state index is -0.763. The molecule has 6 heteroatoms. The first kappa shape index (κ1) is 17.3. The summed E-state index contributed by atoms with van der Waals surface area (Å²) in [6.45, 7) is 5.01. The summed E-state index contributed by atoms with van der Waals surface area (Å²) in [5.41, 5.74) is 0.765. The Morgan fingerprint density at radius 3 is 2.38 bits per heavy atom. The molecule has 0 fully saturated rings. The maximum Gasteiger partial charge on any atom is 0.254 e. The molecule has 0 aromatic heterocycles. The van der Waals surface area contributed by atoms with E-state index in [0.717, 1.165) is 12.1 Å². The first-order valence-electron chi connectivity index (χ1n) is 7.20. The van der Waals surface area contributed by atoms with Gasteiger partial charge in [0.2, 0.25) is 5.91 Å². The van der Waals surface area contributed by atoms with Crippen molar-refractivity contribution in [2.75, 3.05) is 5.32 Å². The topological polar surface area (TPSA) is 58.2 Å².